The number of amides is 2. The molecule has 188 valence electrons. The average Bonchev–Trinajstić information content (AvgIpc) is 3.28. The van der Waals surface area contributed by atoms with Gasteiger partial charge in [-0.05, 0) is 31.2 Å². The van der Waals surface area contributed by atoms with Crippen LogP contribution in [0.25, 0.3) is 0 Å². The summed E-state index contributed by atoms with van der Waals surface area (Å²) < 4.78 is 10.7. The normalized spacial score (nSPS) is 21.2. The van der Waals surface area contributed by atoms with E-state index in [9.17, 15) is 9.59 Å². The third-order valence-electron chi connectivity index (χ3n) is 6.97. The average molecular weight is 481 g/mol. The van der Waals surface area contributed by atoms with E-state index in [1.165, 1.54) is 5.56 Å². The van der Waals surface area contributed by atoms with Gasteiger partial charge in [-0.15, -0.1) is 0 Å². The Kier molecular flexibility index (Phi) is 8.25. The topological polar surface area (TPSA) is 74.4 Å². The predicted molar refractivity (Wildman–Crippen MR) is 136 cm³/mol. The number of carbonyl (C=O) groups is 2. The summed E-state index contributed by atoms with van der Waals surface area (Å²) in [7, 11) is 5.32. The summed E-state index contributed by atoms with van der Waals surface area (Å²) in [6.45, 7) is 4.92. The van der Waals surface area contributed by atoms with Crippen molar-refractivity contribution in [1.29, 1.82) is 0 Å². The Labute approximate surface area is 207 Å². The van der Waals surface area contributed by atoms with Gasteiger partial charge in [0, 0.05) is 57.8 Å². The minimum absolute atomic E-state index is 0.0688. The molecular weight excluding hydrogens is 444 g/mol. The van der Waals surface area contributed by atoms with Crippen molar-refractivity contribution in [2.45, 2.75) is 18.9 Å². The molecule has 1 N–H and O–H groups in total. The molecule has 2 heterocycles. The van der Waals surface area contributed by atoms with Gasteiger partial charge in [-0.2, -0.15) is 0 Å². The van der Waals surface area contributed by atoms with Gasteiger partial charge in [-0.3, -0.25) is 14.5 Å². The molecule has 2 aliphatic heterocycles. The Bertz CT molecular complexity index is 1020. The molecule has 8 nitrogen and oxygen atoms in total. The van der Waals surface area contributed by atoms with Crippen molar-refractivity contribution in [3.8, 4) is 11.5 Å². The standard InChI is InChI=1S/C27H36N4O4/c1-29-14-15-30(24(19-29)20-8-5-4-6-9-20)13-7-12-28-27(33)21-16-26(32)31(18-21)23-17-22(34-2)10-11-25(23)35-3/h4-6,8-11,17,21,24H,7,12-16,18-19H2,1-3H3,(H,28,33). The van der Waals surface area contributed by atoms with E-state index in [0.29, 0.717) is 36.3 Å². The minimum atomic E-state index is -0.376. The first kappa shape index (κ1) is 25.0. The maximum absolute atomic E-state index is 12.9. The lowest BCUT2D eigenvalue weighted by Gasteiger charge is -2.40. The van der Waals surface area contributed by atoms with Crippen molar-refractivity contribution in [1.82, 2.24) is 15.1 Å². The third kappa shape index (κ3) is 5.94. The highest BCUT2D eigenvalue weighted by Crippen LogP contribution is 2.36. The molecule has 0 saturated carbocycles. The number of nitrogens with one attached hydrogen (secondary N) is 1. The smallest absolute Gasteiger partial charge is 0.227 e. The number of methoxy groups -OCH3 is 2. The first-order valence-electron chi connectivity index (χ1n) is 12.3. The van der Waals surface area contributed by atoms with E-state index in [0.717, 1.165) is 32.6 Å². The second-order valence-electron chi connectivity index (χ2n) is 9.31. The minimum Gasteiger partial charge on any atom is -0.497 e. The zero-order valence-corrected chi connectivity index (χ0v) is 20.9. The molecule has 0 aromatic heterocycles. The molecule has 2 aromatic carbocycles. The van der Waals surface area contributed by atoms with Gasteiger partial charge in [0.25, 0.3) is 0 Å². The second-order valence-corrected chi connectivity index (χ2v) is 9.31. The molecule has 0 aliphatic carbocycles. The molecule has 4 rings (SSSR count). The zero-order valence-electron chi connectivity index (χ0n) is 20.9. The third-order valence-corrected chi connectivity index (χ3v) is 6.97. The maximum Gasteiger partial charge on any atom is 0.227 e. The number of benzene rings is 2. The Balaban J connectivity index is 1.29. The number of likely N-dealkylation sites (N-methyl/N-ethyl adjacent to an activating group) is 1. The van der Waals surface area contributed by atoms with Crippen LogP contribution in [0.15, 0.2) is 48.5 Å². The van der Waals surface area contributed by atoms with Crippen molar-refractivity contribution < 1.29 is 19.1 Å². The van der Waals surface area contributed by atoms with E-state index >= 15 is 0 Å². The maximum atomic E-state index is 12.9. The molecule has 2 saturated heterocycles. The fourth-order valence-electron chi connectivity index (χ4n) is 4.98. The summed E-state index contributed by atoms with van der Waals surface area (Å²) >= 11 is 0. The molecule has 35 heavy (non-hydrogen) atoms. The van der Waals surface area contributed by atoms with Crippen LogP contribution < -0.4 is 19.7 Å². The van der Waals surface area contributed by atoms with Crippen LogP contribution in [0.1, 0.15) is 24.4 Å². The summed E-state index contributed by atoms with van der Waals surface area (Å²) in [6.07, 6.45) is 1.06. The van der Waals surface area contributed by atoms with Gasteiger partial charge in [0.05, 0.1) is 25.8 Å². The van der Waals surface area contributed by atoms with Crippen LogP contribution in [-0.2, 0) is 9.59 Å². The highest BCUT2D eigenvalue weighted by atomic mass is 16.5. The predicted octanol–water partition coefficient (Wildman–Crippen LogP) is 2.55. The van der Waals surface area contributed by atoms with Crippen molar-refractivity contribution in [3.05, 3.63) is 54.1 Å². The van der Waals surface area contributed by atoms with Crippen LogP contribution in [0.2, 0.25) is 0 Å². The van der Waals surface area contributed by atoms with Crippen LogP contribution in [0.4, 0.5) is 5.69 Å². The van der Waals surface area contributed by atoms with E-state index in [4.69, 9.17) is 9.47 Å². The number of carbonyl (C=O) groups excluding carboxylic acids is 2. The first-order chi connectivity index (χ1) is 17.0. The fourth-order valence-corrected chi connectivity index (χ4v) is 4.98. The monoisotopic (exact) mass is 480 g/mol. The highest BCUT2D eigenvalue weighted by Gasteiger charge is 2.36. The number of anilines is 1. The Morgan fingerprint density at radius 1 is 1.06 bits per heavy atom. The van der Waals surface area contributed by atoms with E-state index in [2.05, 4.69) is 52.5 Å². The van der Waals surface area contributed by atoms with Gasteiger partial charge in [0.2, 0.25) is 11.8 Å². The van der Waals surface area contributed by atoms with Crippen LogP contribution in [0.3, 0.4) is 0 Å². The zero-order chi connectivity index (χ0) is 24.8. The second kappa shape index (κ2) is 11.6. The molecular formula is C27H36N4O4. The lowest BCUT2D eigenvalue weighted by Crippen LogP contribution is -2.47. The summed E-state index contributed by atoms with van der Waals surface area (Å²) in [5, 5.41) is 3.06. The van der Waals surface area contributed by atoms with Crippen molar-refractivity contribution in [3.63, 3.8) is 0 Å². The van der Waals surface area contributed by atoms with E-state index in [1.54, 1.807) is 37.3 Å². The number of piperazine rings is 1. The van der Waals surface area contributed by atoms with E-state index in [-0.39, 0.29) is 24.2 Å². The number of hydrogen-bond donors (Lipinski definition) is 1. The molecule has 8 heteroatoms. The van der Waals surface area contributed by atoms with Crippen LogP contribution in [-0.4, -0.2) is 82.1 Å². The number of nitrogens with zero attached hydrogens (tertiary/aromatic N) is 3. The van der Waals surface area contributed by atoms with Gasteiger partial charge in [0.15, 0.2) is 0 Å². The molecule has 2 amide bonds. The number of ether oxygens (including phenoxy) is 2. The summed E-state index contributed by atoms with van der Waals surface area (Å²) in [4.78, 5) is 32.1. The van der Waals surface area contributed by atoms with E-state index < -0.39 is 0 Å². The molecule has 2 unspecified atom stereocenters. The summed E-state index contributed by atoms with van der Waals surface area (Å²) in [5.74, 6) is 0.694. The van der Waals surface area contributed by atoms with Crippen molar-refractivity contribution in [2.24, 2.45) is 5.92 Å². The number of hydrogen-bond acceptors (Lipinski definition) is 6. The first-order valence-corrected chi connectivity index (χ1v) is 12.3. The fraction of sp³-hybridized carbons (Fsp3) is 0.481. The quantitative estimate of drug-likeness (QED) is 0.556. The summed E-state index contributed by atoms with van der Waals surface area (Å²) in [5.41, 5.74) is 1.97. The highest BCUT2D eigenvalue weighted by molar-refractivity contribution is 6.01. The Morgan fingerprint density at radius 3 is 2.60 bits per heavy atom. The van der Waals surface area contributed by atoms with Gasteiger partial charge in [-0.1, -0.05) is 30.3 Å². The van der Waals surface area contributed by atoms with Crippen molar-refractivity contribution >= 4 is 17.5 Å². The molecule has 2 aromatic rings. The molecule has 0 bridgehead atoms. The molecule has 0 radical (unpaired) electrons. The number of rotatable bonds is 9. The lowest BCUT2D eigenvalue weighted by molar-refractivity contribution is -0.126. The largest absolute Gasteiger partial charge is 0.497 e. The molecule has 2 fully saturated rings. The van der Waals surface area contributed by atoms with Gasteiger partial charge < -0.3 is 24.6 Å². The Hall–Kier alpha value is -3.10. The molecule has 2 atom stereocenters. The van der Waals surface area contributed by atoms with Crippen LogP contribution in [0.5, 0.6) is 11.5 Å². The Morgan fingerprint density at radius 2 is 1.86 bits per heavy atom. The molecule has 0 spiro atoms. The molecule has 2 aliphatic rings. The van der Waals surface area contributed by atoms with E-state index in [1.807, 2.05) is 0 Å². The summed E-state index contributed by atoms with van der Waals surface area (Å²) in [6, 6.07) is 16.3. The van der Waals surface area contributed by atoms with Gasteiger partial charge >= 0.3 is 0 Å². The van der Waals surface area contributed by atoms with Crippen LogP contribution in [0, 0.1) is 5.92 Å². The SMILES string of the molecule is COc1ccc(OC)c(N2CC(C(=O)NCCCN3CCN(C)CC3c3ccccc3)CC2=O)c1. The van der Waals surface area contributed by atoms with Gasteiger partial charge in [-0.25, -0.2) is 0 Å². The van der Waals surface area contributed by atoms with Crippen molar-refractivity contribution in [2.75, 3.05) is 65.4 Å². The van der Waals surface area contributed by atoms with Gasteiger partial charge in [0.1, 0.15) is 11.5 Å². The lowest BCUT2D eigenvalue weighted by atomic mass is 10.0. The van der Waals surface area contributed by atoms with Crippen LogP contribution >= 0.6 is 0 Å².